The molecule has 3 saturated heterocycles. The molecular formula is C23H32N6O4S. The van der Waals surface area contributed by atoms with Crippen LogP contribution in [0.3, 0.4) is 0 Å². The molecule has 1 aliphatic carbocycles. The first kappa shape index (κ1) is 23.5. The molecule has 5 atom stereocenters. The number of carbonyl (C=O) groups excluding carboxylic acids is 1. The van der Waals surface area contributed by atoms with Gasteiger partial charge in [0, 0.05) is 37.4 Å². The van der Waals surface area contributed by atoms with Crippen molar-refractivity contribution in [2.24, 2.45) is 11.8 Å². The summed E-state index contributed by atoms with van der Waals surface area (Å²) < 4.78 is 33.0. The van der Waals surface area contributed by atoms with Crippen molar-refractivity contribution in [1.29, 1.82) is 5.26 Å². The molecule has 3 N–H and O–H groups in total. The van der Waals surface area contributed by atoms with Crippen LogP contribution in [0, 0.1) is 23.2 Å². The van der Waals surface area contributed by atoms with Crippen molar-refractivity contribution in [3.8, 4) is 6.07 Å². The van der Waals surface area contributed by atoms with Crippen LogP contribution in [0.25, 0.3) is 0 Å². The van der Waals surface area contributed by atoms with Gasteiger partial charge in [0.05, 0.1) is 36.0 Å². The van der Waals surface area contributed by atoms with Crippen molar-refractivity contribution in [3.63, 3.8) is 0 Å². The highest BCUT2D eigenvalue weighted by atomic mass is 32.2. The minimum atomic E-state index is -3.59. The zero-order chi connectivity index (χ0) is 23.9. The van der Waals surface area contributed by atoms with Gasteiger partial charge < -0.3 is 15.4 Å². The molecular weight excluding hydrogens is 456 g/mol. The number of hydrogen-bond donors (Lipinski definition) is 3. The molecule has 0 aromatic heterocycles. The summed E-state index contributed by atoms with van der Waals surface area (Å²) in [4.78, 5) is 13.0. The lowest BCUT2D eigenvalue weighted by atomic mass is 9.90. The largest absolute Gasteiger partial charge is 0.376 e. The fourth-order valence-corrected chi connectivity index (χ4v) is 6.92. The van der Waals surface area contributed by atoms with E-state index < -0.39 is 10.0 Å². The summed E-state index contributed by atoms with van der Waals surface area (Å²) in [6.45, 7) is 3.57. The van der Waals surface area contributed by atoms with E-state index in [0.29, 0.717) is 38.6 Å². The summed E-state index contributed by atoms with van der Waals surface area (Å²) in [5.41, 5.74) is 4.22. The Kier molecular flexibility index (Phi) is 6.52. The van der Waals surface area contributed by atoms with E-state index in [0.717, 1.165) is 24.9 Å². The van der Waals surface area contributed by atoms with Crippen LogP contribution in [0.1, 0.15) is 32.6 Å². The number of ether oxygens (including phenoxy) is 1. The summed E-state index contributed by atoms with van der Waals surface area (Å²) >= 11 is 0. The van der Waals surface area contributed by atoms with E-state index in [1.807, 2.05) is 6.92 Å². The van der Waals surface area contributed by atoms with Gasteiger partial charge in [0.25, 0.3) is 0 Å². The van der Waals surface area contributed by atoms with Gasteiger partial charge in [0.1, 0.15) is 6.17 Å². The maximum Gasteiger partial charge on any atom is 0.243 e. The topological polar surface area (TPSA) is 127 Å². The molecule has 0 spiro atoms. The van der Waals surface area contributed by atoms with E-state index in [-0.39, 0.29) is 41.1 Å². The van der Waals surface area contributed by atoms with Gasteiger partial charge in [-0.1, -0.05) is 0 Å². The Morgan fingerprint density at radius 1 is 1.26 bits per heavy atom. The predicted octanol–water partition coefficient (Wildman–Crippen LogP) is 0.851. The fourth-order valence-electron chi connectivity index (χ4n) is 5.42. The van der Waals surface area contributed by atoms with E-state index in [1.165, 1.54) is 4.31 Å². The molecule has 184 valence electrons. The van der Waals surface area contributed by atoms with Gasteiger partial charge in [-0.05, 0) is 56.4 Å². The normalized spacial score (nSPS) is 31.4. The first-order valence-corrected chi connectivity index (χ1v) is 13.5. The Labute approximate surface area is 200 Å². The van der Waals surface area contributed by atoms with Crippen molar-refractivity contribution >= 4 is 21.6 Å². The SMILES string of the molecule is CC1CN(S(=O)(=O)c2ccc(NC3NN([C@@H](CC#N)C4CC4)C4CCNC(=O)C34)cc2)CCO1. The van der Waals surface area contributed by atoms with E-state index in [9.17, 15) is 18.5 Å². The molecule has 3 aliphatic heterocycles. The lowest BCUT2D eigenvalue weighted by Gasteiger charge is -2.34. The molecule has 1 saturated carbocycles. The number of hydrazine groups is 1. The maximum atomic E-state index is 13.0. The number of nitrogens with one attached hydrogen (secondary N) is 3. The number of benzene rings is 1. The third-order valence-corrected chi connectivity index (χ3v) is 9.18. The molecule has 34 heavy (non-hydrogen) atoms. The first-order chi connectivity index (χ1) is 16.4. The number of hydrogen-bond acceptors (Lipinski definition) is 8. The Hall–Kier alpha value is -2.23. The summed E-state index contributed by atoms with van der Waals surface area (Å²) in [6.07, 6.45) is 3.02. The number of carbonyl (C=O) groups is 1. The van der Waals surface area contributed by atoms with Gasteiger partial charge in [0.15, 0.2) is 0 Å². The van der Waals surface area contributed by atoms with Gasteiger partial charge in [0.2, 0.25) is 15.9 Å². The zero-order valence-electron chi connectivity index (χ0n) is 19.3. The average molecular weight is 489 g/mol. The van der Waals surface area contributed by atoms with E-state index >= 15 is 0 Å². The molecule has 1 aromatic rings. The number of nitriles is 1. The standard InChI is InChI=1S/C23H32N6O4S/c1-15-14-28(12-13-33-15)34(31,32)18-6-4-17(5-7-18)26-22-21-20(9-11-25-23(21)30)29(27-22)19(8-10-24)16-2-3-16/h4-7,15-16,19-22,26-27H,2-3,8-9,11-14H2,1H3,(H,25,30)/t15?,19-,20?,21?,22?/m0/s1. The number of fused-ring (bicyclic) bond motifs is 1. The lowest BCUT2D eigenvalue weighted by Crippen LogP contribution is -2.52. The predicted molar refractivity (Wildman–Crippen MR) is 125 cm³/mol. The van der Waals surface area contributed by atoms with E-state index in [1.54, 1.807) is 24.3 Å². The highest BCUT2D eigenvalue weighted by Crippen LogP contribution is 2.41. The summed E-state index contributed by atoms with van der Waals surface area (Å²) in [5, 5.41) is 17.9. The molecule has 0 radical (unpaired) electrons. The Balaban J connectivity index is 1.32. The second-order valence-electron chi connectivity index (χ2n) is 9.67. The minimum Gasteiger partial charge on any atom is -0.376 e. The van der Waals surface area contributed by atoms with Crippen molar-refractivity contribution < 1.29 is 17.9 Å². The molecule has 0 bridgehead atoms. The summed E-state index contributed by atoms with van der Waals surface area (Å²) in [7, 11) is -3.59. The first-order valence-electron chi connectivity index (χ1n) is 12.1. The highest BCUT2D eigenvalue weighted by molar-refractivity contribution is 7.89. The maximum absolute atomic E-state index is 13.0. The van der Waals surface area contributed by atoms with E-state index in [2.05, 4.69) is 27.1 Å². The molecule has 4 fully saturated rings. The number of nitrogens with zero attached hydrogens (tertiary/aromatic N) is 3. The van der Waals surface area contributed by atoms with Crippen LogP contribution in [0.15, 0.2) is 29.2 Å². The molecule has 1 aromatic carbocycles. The molecule has 1 amide bonds. The second kappa shape index (κ2) is 9.43. The quantitative estimate of drug-likeness (QED) is 0.516. The molecule has 5 rings (SSSR count). The van der Waals surface area contributed by atoms with Gasteiger partial charge in [-0.2, -0.15) is 9.57 Å². The lowest BCUT2D eigenvalue weighted by molar-refractivity contribution is -0.128. The summed E-state index contributed by atoms with van der Waals surface area (Å²) in [5.74, 6) is 0.187. The van der Waals surface area contributed by atoms with Crippen LogP contribution in [0.5, 0.6) is 0 Å². The van der Waals surface area contributed by atoms with Crippen LogP contribution in [0.2, 0.25) is 0 Å². The third-order valence-electron chi connectivity index (χ3n) is 7.30. The van der Waals surface area contributed by atoms with Crippen molar-refractivity contribution in [2.45, 2.75) is 61.9 Å². The van der Waals surface area contributed by atoms with Crippen LogP contribution in [0.4, 0.5) is 5.69 Å². The number of rotatable bonds is 7. The monoisotopic (exact) mass is 488 g/mol. The molecule has 4 unspecified atom stereocenters. The van der Waals surface area contributed by atoms with Crippen LogP contribution < -0.4 is 16.1 Å². The van der Waals surface area contributed by atoms with Crippen molar-refractivity contribution in [2.75, 3.05) is 31.6 Å². The second-order valence-corrected chi connectivity index (χ2v) is 11.6. The summed E-state index contributed by atoms with van der Waals surface area (Å²) in [6, 6.07) is 9.12. The fraction of sp³-hybridized carbons (Fsp3) is 0.652. The smallest absolute Gasteiger partial charge is 0.243 e. The third kappa shape index (κ3) is 4.53. The number of piperidine rings is 1. The van der Waals surface area contributed by atoms with E-state index in [4.69, 9.17) is 4.74 Å². The molecule has 10 nitrogen and oxygen atoms in total. The molecule has 11 heteroatoms. The Bertz CT molecular complexity index is 1050. The molecule has 4 aliphatic rings. The van der Waals surface area contributed by atoms with Crippen LogP contribution in [-0.4, -0.2) is 74.2 Å². The average Bonchev–Trinajstić information content (AvgIpc) is 3.60. The van der Waals surface area contributed by atoms with Gasteiger partial charge in [-0.25, -0.2) is 18.9 Å². The van der Waals surface area contributed by atoms with Gasteiger partial charge in [-0.15, -0.1) is 0 Å². The number of sulfonamides is 1. The van der Waals surface area contributed by atoms with Crippen LogP contribution in [-0.2, 0) is 19.6 Å². The zero-order valence-corrected chi connectivity index (χ0v) is 20.1. The minimum absolute atomic E-state index is 0.00381. The Morgan fingerprint density at radius 2 is 2.03 bits per heavy atom. The number of morpholine rings is 1. The molecule has 3 heterocycles. The van der Waals surface area contributed by atoms with Gasteiger partial charge in [-0.3, -0.25) is 4.79 Å². The number of amides is 1. The van der Waals surface area contributed by atoms with Gasteiger partial charge >= 0.3 is 0 Å². The number of anilines is 1. The van der Waals surface area contributed by atoms with Crippen molar-refractivity contribution in [1.82, 2.24) is 20.1 Å². The van der Waals surface area contributed by atoms with Crippen molar-refractivity contribution in [3.05, 3.63) is 24.3 Å². The highest BCUT2D eigenvalue weighted by Gasteiger charge is 2.51. The van der Waals surface area contributed by atoms with Crippen LogP contribution >= 0.6 is 0 Å². The Morgan fingerprint density at radius 3 is 2.71 bits per heavy atom.